The van der Waals surface area contributed by atoms with Gasteiger partial charge in [0.2, 0.25) is 0 Å². The highest BCUT2D eigenvalue weighted by atomic mass is 16.8. The van der Waals surface area contributed by atoms with Crippen molar-refractivity contribution in [2.24, 2.45) is 5.92 Å². The third kappa shape index (κ3) is 8.64. The minimum absolute atomic E-state index is 0.0277. The third-order valence-corrected chi connectivity index (χ3v) is 6.60. The molecule has 1 aliphatic heterocycles. The molecule has 1 fully saturated rings. The minimum atomic E-state index is -1.16. The van der Waals surface area contributed by atoms with Crippen LogP contribution in [0.3, 0.4) is 0 Å². The van der Waals surface area contributed by atoms with Crippen LogP contribution in [-0.4, -0.2) is 72.5 Å². The van der Waals surface area contributed by atoms with Gasteiger partial charge in [0.1, 0.15) is 29.3 Å². The summed E-state index contributed by atoms with van der Waals surface area (Å²) in [5.74, 6) is -1.72. The molecule has 2 aromatic rings. The van der Waals surface area contributed by atoms with Gasteiger partial charge in [-0.1, -0.05) is 54.6 Å². The molecule has 218 valence electrons. The van der Waals surface area contributed by atoms with Crippen molar-refractivity contribution in [1.29, 1.82) is 0 Å². The molecule has 0 bridgehead atoms. The Balaban J connectivity index is 1.77. The van der Waals surface area contributed by atoms with Gasteiger partial charge >= 0.3 is 5.97 Å². The fourth-order valence-electron chi connectivity index (χ4n) is 4.64. The highest BCUT2D eigenvalue weighted by Crippen LogP contribution is 2.34. The number of carbonyl (C=O) groups is 1. The summed E-state index contributed by atoms with van der Waals surface area (Å²) in [6, 6.07) is 13.0. The zero-order valence-electron chi connectivity index (χ0n) is 23.7. The van der Waals surface area contributed by atoms with Gasteiger partial charge in [0.15, 0.2) is 12.6 Å². The first-order valence-electron chi connectivity index (χ1n) is 13.2. The molecule has 0 spiro atoms. The lowest BCUT2D eigenvalue weighted by atomic mass is 9.93. The van der Waals surface area contributed by atoms with E-state index in [0.717, 1.165) is 5.56 Å². The van der Waals surface area contributed by atoms with E-state index in [9.17, 15) is 20.1 Å². The minimum Gasteiger partial charge on any atom is -0.497 e. The number of hydrogen-bond donors (Lipinski definition) is 3. The van der Waals surface area contributed by atoms with Crippen molar-refractivity contribution in [3.05, 3.63) is 77.4 Å². The summed E-state index contributed by atoms with van der Waals surface area (Å²) in [5.41, 5.74) is 1.44. The molecule has 5 atom stereocenters. The predicted octanol–water partition coefficient (Wildman–Crippen LogP) is 4.46. The maximum Gasteiger partial charge on any atom is 0.340 e. The second-order valence-corrected chi connectivity index (χ2v) is 10.2. The van der Waals surface area contributed by atoms with Crippen LogP contribution in [0.15, 0.2) is 60.7 Å². The molecule has 2 aromatic carbocycles. The van der Waals surface area contributed by atoms with E-state index in [1.54, 1.807) is 45.1 Å². The lowest BCUT2D eigenvalue weighted by Crippen LogP contribution is -2.34. The second-order valence-electron chi connectivity index (χ2n) is 10.2. The Morgan fingerprint density at radius 3 is 2.45 bits per heavy atom. The van der Waals surface area contributed by atoms with Gasteiger partial charge in [0.25, 0.3) is 0 Å². The molecule has 0 radical (unpaired) electrons. The van der Waals surface area contributed by atoms with E-state index < -0.39 is 36.2 Å². The molecule has 9 heteroatoms. The number of carboxylic acids is 1. The number of ether oxygens (including phenoxy) is 5. The number of rotatable bonds is 14. The number of methoxy groups -OCH3 is 2. The monoisotopic (exact) mass is 556 g/mol. The van der Waals surface area contributed by atoms with Crippen LogP contribution in [0.25, 0.3) is 6.08 Å². The Kier molecular flexibility index (Phi) is 11.3. The van der Waals surface area contributed by atoms with Crippen LogP contribution in [-0.2, 0) is 20.6 Å². The molecule has 0 saturated carbocycles. The van der Waals surface area contributed by atoms with Crippen LogP contribution in [0.4, 0.5) is 0 Å². The topological polar surface area (TPSA) is 124 Å². The second kappa shape index (κ2) is 14.4. The molecule has 0 amide bonds. The van der Waals surface area contributed by atoms with E-state index in [-0.39, 0.29) is 24.0 Å². The molecule has 0 aliphatic carbocycles. The van der Waals surface area contributed by atoms with Crippen molar-refractivity contribution >= 4 is 12.0 Å². The zero-order valence-corrected chi connectivity index (χ0v) is 23.7. The standard InChI is InChI=1S/C31H40O9/c1-20(32)22(16-21-10-7-6-8-11-21)14-15-25(33)29-26(39-31(2,3)40-29)13-9-12-23-17-24(37-5)18-27(38-19-36-4)28(23)30(34)35/h6-12,14-15,17-18,20,22,25-26,29,32-33H,13,16,19H2,1-5H3,(H,34,35)/b12-9+,15-14-/t20-,22?,25?,26-,29+/m0/s1. The highest BCUT2D eigenvalue weighted by molar-refractivity contribution is 5.95. The maximum atomic E-state index is 12.0. The highest BCUT2D eigenvalue weighted by Gasteiger charge is 2.43. The summed E-state index contributed by atoms with van der Waals surface area (Å²) in [6.07, 6.45) is 5.09. The van der Waals surface area contributed by atoms with Gasteiger partial charge < -0.3 is 39.0 Å². The average Bonchev–Trinajstić information content (AvgIpc) is 3.23. The smallest absolute Gasteiger partial charge is 0.340 e. The van der Waals surface area contributed by atoms with Crippen molar-refractivity contribution < 1.29 is 43.8 Å². The Bertz CT molecular complexity index is 1160. The summed E-state index contributed by atoms with van der Waals surface area (Å²) >= 11 is 0. The molecular weight excluding hydrogens is 516 g/mol. The molecule has 2 unspecified atom stereocenters. The lowest BCUT2D eigenvalue weighted by molar-refractivity contribution is -0.152. The maximum absolute atomic E-state index is 12.0. The Morgan fingerprint density at radius 1 is 1.10 bits per heavy atom. The van der Waals surface area contributed by atoms with Crippen LogP contribution in [0.1, 0.15) is 48.7 Å². The number of carboxylic acid groups (broad SMARTS) is 1. The number of aliphatic hydroxyl groups excluding tert-OH is 2. The van der Waals surface area contributed by atoms with Crippen molar-refractivity contribution in [3.8, 4) is 11.5 Å². The Labute approximate surface area is 235 Å². The Morgan fingerprint density at radius 2 is 1.82 bits per heavy atom. The zero-order chi connectivity index (χ0) is 29.3. The molecular formula is C31H40O9. The summed E-state index contributed by atoms with van der Waals surface area (Å²) in [4.78, 5) is 12.0. The predicted molar refractivity (Wildman–Crippen MR) is 150 cm³/mol. The fourth-order valence-corrected chi connectivity index (χ4v) is 4.64. The van der Waals surface area contributed by atoms with Crippen molar-refractivity contribution in [3.63, 3.8) is 0 Å². The number of aromatic carboxylic acids is 1. The van der Waals surface area contributed by atoms with Gasteiger partial charge in [-0.05, 0) is 50.8 Å². The number of benzene rings is 2. The quantitative estimate of drug-likeness (QED) is 0.229. The molecule has 1 heterocycles. The normalized spacial score (nSPS) is 21.0. The van der Waals surface area contributed by atoms with E-state index in [1.165, 1.54) is 20.3 Å². The summed E-state index contributed by atoms with van der Waals surface area (Å²) in [6.45, 7) is 5.16. The van der Waals surface area contributed by atoms with E-state index in [0.29, 0.717) is 24.2 Å². The molecule has 3 rings (SSSR count). The molecule has 3 N–H and O–H groups in total. The van der Waals surface area contributed by atoms with Gasteiger partial charge in [0, 0.05) is 19.1 Å². The van der Waals surface area contributed by atoms with Crippen LogP contribution < -0.4 is 9.47 Å². The fraction of sp³-hybridized carbons (Fsp3) is 0.452. The average molecular weight is 557 g/mol. The lowest BCUT2D eigenvalue weighted by Gasteiger charge is -2.21. The van der Waals surface area contributed by atoms with Crippen molar-refractivity contribution in [1.82, 2.24) is 0 Å². The van der Waals surface area contributed by atoms with Gasteiger partial charge in [-0.15, -0.1) is 0 Å². The van der Waals surface area contributed by atoms with Gasteiger partial charge in [-0.3, -0.25) is 0 Å². The number of aliphatic hydroxyl groups is 2. The van der Waals surface area contributed by atoms with E-state index in [2.05, 4.69) is 0 Å². The SMILES string of the molecule is COCOc1cc(OC)cc(/C=C/C[C@@H]2OC(C)(C)O[C@@H]2C(O)/C=C\C(Cc2ccccc2)[C@H](C)O)c1C(=O)O. The molecule has 0 aromatic heterocycles. The third-order valence-electron chi connectivity index (χ3n) is 6.60. The van der Waals surface area contributed by atoms with E-state index in [4.69, 9.17) is 23.7 Å². The van der Waals surface area contributed by atoms with Gasteiger partial charge in [0.05, 0.1) is 19.3 Å². The summed E-state index contributed by atoms with van der Waals surface area (Å²) in [5, 5.41) is 31.2. The first-order chi connectivity index (χ1) is 19.0. The van der Waals surface area contributed by atoms with Gasteiger partial charge in [-0.2, -0.15) is 0 Å². The first-order valence-corrected chi connectivity index (χ1v) is 13.2. The van der Waals surface area contributed by atoms with Crippen LogP contribution >= 0.6 is 0 Å². The van der Waals surface area contributed by atoms with Crippen LogP contribution in [0.2, 0.25) is 0 Å². The number of hydrogen-bond acceptors (Lipinski definition) is 8. The van der Waals surface area contributed by atoms with E-state index in [1.807, 2.05) is 36.4 Å². The van der Waals surface area contributed by atoms with Crippen LogP contribution in [0, 0.1) is 5.92 Å². The summed E-state index contributed by atoms with van der Waals surface area (Å²) < 4.78 is 27.8. The molecule has 1 aliphatic rings. The van der Waals surface area contributed by atoms with Gasteiger partial charge in [-0.25, -0.2) is 4.79 Å². The van der Waals surface area contributed by atoms with Crippen molar-refractivity contribution in [2.75, 3.05) is 21.0 Å². The molecule has 40 heavy (non-hydrogen) atoms. The van der Waals surface area contributed by atoms with E-state index >= 15 is 0 Å². The summed E-state index contributed by atoms with van der Waals surface area (Å²) in [7, 11) is 2.93. The first kappa shape index (κ1) is 31.3. The molecule has 9 nitrogen and oxygen atoms in total. The van der Waals surface area contributed by atoms with Crippen LogP contribution in [0.5, 0.6) is 11.5 Å². The largest absolute Gasteiger partial charge is 0.497 e. The molecule has 1 saturated heterocycles. The Hall–Kier alpha value is -3.21. The van der Waals surface area contributed by atoms with Crippen molar-refractivity contribution in [2.45, 2.75) is 63.8 Å².